The molecule has 2 nitrogen and oxygen atoms in total. The van der Waals surface area contributed by atoms with Crippen LogP contribution in [-0.2, 0) is 11.8 Å². The van der Waals surface area contributed by atoms with Crippen molar-refractivity contribution in [3.63, 3.8) is 0 Å². The van der Waals surface area contributed by atoms with Crippen LogP contribution in [0.25, 0.3) is 10.8 Å². The molecule has 1 heterocycles. The van der Waals surface area contributed by atoms with Crippen molar-refractivity contribution in [2.45, 2.75) is 32.6 Å². The van der Waals surface area contributed by atoms with Gasteiger partial charge in [-0.2, -0.15) is 0 Å². The highest BCUT2D eigenvalue weighted by atomic mass is 32.1. The van der Waals surface area contributed by atoms with Gasteiger partial charge in [0.25, 0.3) is 0 Å². The van der Waals surface area contributed by atoms with Crippen LogP contribution in [0.1, 0.15) is 36.9 Å². The van der Waals surface area contributed by atoms with Crippen LogP contribution in [0.3, 0.4) is 0 Å². The Morgan fingerprint density at radius 3 is 2.52 bits per heavy atom. The second kappa shape index (κ2) is 5.15. The normalized spacial score (nSPS) is 12.0. The Bertz CT molecular complexity index is 776. The highest BCUT2D eigenvalue weighted by Crippen LogP contribution is 2.33. The molecule has 0 radical (unpaired) electrons. The maximum Gasteiger partial charge on any atom is 0.180 e. The molecule has 0 aliphatic rings. The molecule has 2 aromatic carbocycles. The smallest absolute Gasteiger partial charge is 0.180 e. The fraction of sp³-hybridized carbons (Fsp3) is 0.278. The minimum Gasteiger partial charge on any atom is -0.375 e. The number of aromatic nitrogens is 1. The first-order chi connectivity index (χ1) is 9.95. The van der Waals surface area contributed by atoms with Crippen molar-refractivity contribution >= 4 is 27.2 Å². The molecule has 3 heteroatoms. The van der Waals surface area contributed by atoms with E-state index in [2.05, 4.69) is 68.2 Å². The Kier molecular flexibility index (Phi) is 3.46. The Morgan fingerprint density at radius 2 is 1.76 bits per heavy atom. The molecule has 0 atom stereocenters. The van der Waals surface area contributed by atoms with E-state index >= 15 is 0 Å². The van der Waals surface area contributed by atoms with E-state index in [0.29, 0.717) is 5.13 Å². The molecule has 0 aliphatic carbocycles. The number of hydrogen-bond acceptors (Lipinski definition) is 3. The highest BCUT2D eigenvalue weighted by molar-refractivity contribution is 7.15. The Labute approximate surface area is 129 Å². The first-order valence-electron chi connectivity index (χ1n) is 7.17. The zero-order valence-corrected chi connectivity index (χ0v) is 13.5. The average Bonchev–Trinajstić information content (AvgIpc) is 2.80. The quantitative estimate of drug-likeness (QED) is 0.740. The van der Waals surface area contributed by atoms with Crippen molar-refractivity contribution in [1.82, 2.24) is 4.98 Å². The molecular formula is C18H20N2S. The first kappa shape index (κ1) is 14.1. The standard InChI is InChI=1S/C18H20N2S/c1-18(2,3)16-15(21-17(19)20-16)11-13-9-6-8-12-7-4-5-10-14(12)13/h4-10H,11H2,1-3H3,(H2,19,20). The van der Waals surface area contributed by atoms with Gasteiger partial charge in [0.1, 0.15) is 0 Å². The largest absolute Gasteiger partial charge is 0.375 e. The minimum absolute atomic E-state index is 0.0219. The summed E-state index contributed by atoms with van der Waals surface area (Å²) < 4.78 is 0. The Balaban J connectivity index is 2.07. The topological polar surface area (TPSA) is 38.9 Å². The number of rotatable bonds is 2. The maximum absolute atomic E-state index is 5.95. The zero-order valence-electron chi connectivity index (χ0n) is 12.7. The molecule has 0 unspecified atom stereocenters. The van der Waals surface area contributed by atoms with Crippen molar-refractivity contribution in [3.05, 3.63) is 58.6 Å². The molecule has 0 aliphatic heterocycles. The van der Waals surface area contributed by atoms with E-state index in [1.807, 2.05) is 0 Å². The lowest BCUT2D eigenvalue weighted by molar-refractivity contribution is 0.568. The minimum atomic E-state index is 0.0219. The van der Waals surface area contributed by atoms with Crippen LogP contribution in [-0.4, -0.2) is 4.98 Å². The van der Waals surface area contributed by atoms with Gasteiger partial charge in [0, 0.05) is 16.7 Å². The molecule has 0 saturated heterocycles. The summed E-state index contributed by atoms with van der Waals surface area (Å²) >= 11 is 1.61. The summed E-state index contributed by atoms with van der Waals surface area (Å²) in [5.41, 5.74) is 8.43. The van der Waals surface area contributed by atoms with Gasteiger partial charge in [0.2, 0.25) is 0 Å². The Hall–Kier alpha value is -1.87. The Morgan fingerprint density at radius 1 is 1.05 bits per heavy atom. The van der Waals surface area contributed by atoms with Gasteiger partial charge in [-0.25, -0.2) is 4.98 Å². The van der Waals surface area contributed by atoms with Crippen LogP contribution in [0.2, 0.25) is 0 Å². The third-order valence-electron chi connectivity index (χ3n) is 3.66. The van der Waals surface area contributed by atoms with Gasteiger partial charge in [0.15, 0.2) is 5.13 Å². The van der Waals surface area contributed by atoms with Crippen LogP contribution < -0.4 is 5.73 Å². The van der Waals surface area contributed by atoms with E-state index in [4.69, 9.17) is 5.73 Å². The molecule has 0 saturated carbocycles. The van der Waals surface area contributed by atoms with E-state index in [9.17, 15) is 0 Å². The number of anilines is 1. The summed E-state index contributed by atoms with van der Waals surface area (Å²) in [4.78, 5) is 5.83. The van der Waals surface area contributed by atoms with E-state index in [0.717, 1.165) is 12.1 Å². The molecule has 1 aromatic heterocycles. The predicted molar refractivity (Wildman–Crippen MR) is 92.0 cm³/mol. The van der Waals surface area contributed by atoms with Crippen LogP contribution >= 0.6 is 11.3 Å². The van der Waals surface area contributed by atoms with Crippen molar-refractivity contribution in [2.75, 3.05) is 5.73 Å². The van der Waals surface area contributed by atoms with E-state index in [1.165, 1.54) is 21.2 Å². The van der Waals surface area contributed by atoms with Gasteiger partial charge < -0.3 is 5.73 Å². The van der Waals surface area contributed by atoms with Crippen molar-refractivity contribution in [3.8, 4) is 0 Å². The van der Waals surface area contributed by atoms with Crippen LogP contribution in [0.5, 0.6) is 0 Å². The summed E-state index contributed by atoms with van der Waals surface area (Å²) in [6, 6.07) is 15.0. The summed E-state index contributed by atoms with van der Waals surface area (Å²) in [5.74, 6) is 0. The van der Waals surface area contributed by atoms with Gasteiger partial charge in [-0.1, -0.05) is 63.2 Å². The number of hydrogen-bond donors (Lipinski definition) is 1. The maximum atomic E-state index is 5.95. The van der Waals surface area contributed by atoms with Crippen LogP contribution in [0.15, 0.2) is 42.5 Å². The third-order valence-corrected chi connectivity index (χ3v) is 4.54. The molecule has 2 N–H and O–H groups in total. The fourth-order valence-corrected chi connectivity index (χ4v) is 3.76. The molecule has 0 amide bonds. The van der Waals surface area contributed by atoms with Crippen LogP contribution in [0.4, 0.5) is 5.13 Å². The second-order valence-corrected chi connectivity index (χ2v) is 7.50. The average molecular weight is 296 g/mol. The van der Waals surface area contributed by atoms with Gasteiger partial charge in [-0.15, -0.1) is 11.3 Å². The third kappa shape index (κ3) is 2.79. The molecule has 108 valence electrons. The lowest BCUT2D eigenvalue weighted by Gasteiger charge is -2.18. The molecular weight excluding hydrogens is 276 g/mol. The fourth-order valence-electron chi connectivity index (χ4n) is 2.70. The van der Waals surface area contributed by atoms with Gasteiger partial charge in [0.05, 0.1) is 5.69 Å². The number of thiazole rings is 1. The summed E-state index contributed by atoms with van der Waals surface area (Å²) in [6.45, 7) is 6.57. The molecule has 21 heavy (non-hydrogen) atoms. The first-order valence-corrected chi connectivity index (χ1v) is 7.99. The molecule has 0 spiro atoms. The highest BCUT2D eigenvalue weighted by Gasteiger charge is 2.23. The van der Waals surface area contributed by atoms with Crippen LogP contribution in [0, 0.1) is 0 Å². The SMILES string of the molecule is CC(C)(C)c1nc(N)sc1Cc1cccc2ccccc12. The summed E-state index contributed by atoms with van der Waals surface area (Å²) in [6.07, 6.45) is 0.892. The number of benzene rings is 2. The zero-order chi connectivity index (χ0) is 15.0. The molecule has 3 rings (SSSR count). The number of nitrogens with two attached hydrogens (primary N) is 1. The lowest BCUT2D eigenvalue weighted by Crippen LogP contribution is -2.14. The van der Waals surface area contributed by atoms with Crippen molar-refractivity contribution in [1.29, 1.82) is 0 Å². The monoisotopic (exact) mass is 296 g/mol. The van der Waals surface area contributed by atoms with Crippen molar-refractivity contribution < 1.29 is 0 Å². The lowest BCUT2D eigenvalue weighted by atomic mass is 9.89. The van der Waals surface area contributed by atoms with E-state index in [1.54, 1.807) is 11.3 Å². The van der Waals surface area contributed by atoms with E-state index < -0.39 is 0 Å². The van der Waals surface area contributed by atoms with Gasteiger partial charge in [-0.3, -0.25) is 0 Å². The molecule has 3 aromatic rings. The summed E-state index contributed by atoms with van der Waals surface area (Å²) in [5, 5.41) is 3.26. The number of fused-ring (bicyclic) bond motifs is 1. The van der Waals surface area contributed by atoms with Gasteiger partial charge in [-0.05, 0) is 16.3 Å². The second-order valence-electron chi connectivity index (χ2n) is 6.39. The number of nitrogens with zero attached hydrogens (tertiary/aromatic N) is 1. The van der Waals surface area contributed by atoms with Gasteiger partial charge >= 0.3 is 0 Å². The number of nitrogen functional groups attached to an aromatic ring is 1. The molecule has 0 bridgehead atoms. The molecule has 0 fully saturated rings. The van der Waals surface area contributed by atoms with E-state index in [-0.39, 0.29) is 5.41 Å². The van der Waals surface area contributed by atoms with Crippen molar-refractivity contribution in [2.24, 2.45) is 0 Å². The predicted octanol–water partition coefficient (Wildman–Crippen LogP) is 4.77. The summed E-state index contributed by atoms with van der Waals surface area (Å²) in [7, 11) is 0.